The van der Waals surface area contributed by atoms with E-state index in [-0.39, 0.29) is 5.41 Å². The zero-order valence-corrected chi connectivity index (χ0v) is 16.4. The summed E-state index contributed by atoms with van der Waals surface area (Å²) < 4.78 is 29.3. The molecule has 1 N–H and O–H groups in total. The smallest absolute Gasteiger partial charge is 0.211 e. The molecule has 1 fully saturated rings. The predicted molar refractivity (Wildman–Crippen MR) is 93.0 cm³/mol. The second kappa shape index (κ2) is 6.69. The highest BCUT2D eigenvalue weighted by Gasteiger charge is 2.29. The van der Waals surface area contributed by atoms with E-state index < -0.39 is 10.0 Å². The molecule has 0 amide bonds. The maximum atomic E-state index is 12.5. The molecule has 0 bridgehead atoms. The first kappa shape index (κ1) is 17.4. The number of halogens is 2. The molecule has 0 unspecified atom stereocenters. The Kier molecular flexibility index (Phi) is 5.55. The molecule has 21 heavy (non-hydrogen) atoms. The molecule has 0 aliphatic heterocycles. The maximum absolute atomic E-state index is 12.5. The van der Waals surface area contributed by atoms with E-state index in [2.05, 4.69) is 43.5 Å². The minimum atomic E-state index is -3.49. The van der Waals surface area contributed by atoms with Crippen LogP contribution < -0.4 is 4.72 Å². The van der Waals surface area contributed by atoms with Gasteiger partial charge < -0.3 is 0 Å². The van der Waals surface area contributed by atoms with Crippen LogP contribution in [0.4, 0.5) is 0 Å². The Morgan fingerprint density at radius 3 is 2.38 bits per heavy atom. The van der Waals surface area contributed by atoms with Gasteiger partial charge in [-0.1, -0.05) is 42.1 Å². The highest BCUT2D eigenvalue weighted by molar-refractivity contribution is 9.11. The molecule has 1 aliphatic carbocycles. The molecule has 0 heterocycles. The molecule has 1 aromatic rings. The molecule has 1 saturated carbocycles. The first-order valence-electron chi connectivity index (χ1n) is 7.19. The number of sulfonamides is 1. The molecule has 0 radical (unpaired) electrons. The SMILES string of the molecule is Cc1cc(Br)c(S(=O)(=O)NCC2(C)CCCCC2)cc1Br. The molecule has 118 valence electrons. The third-order valence-corrected chi connectivity index (χ3v) is 7.47. The van der Waals surface area contributed by atoms with Gasteiger partial charge in [0.2, 0.25) is 10.0 Å². The number of rotatable bonds is 4. The van der Waals surface area contributed by atoms with Crippen molar-refractivity contribution in [2.24, 2.45) is 5.41 Å². The van der Waals surface area contributed by atoms with Gasteiger partial charge >= 0.3 is 0 Å². The lowest BCUT2D eigenvalue weighted by molar-refractivity contribution is 0.219. The number of hydrogen-bond acceptors (Lipinski definition) is 2. The summed E-state index contributed by atoms with van der Waals surface area (Å²) in [4.78, 5) is 0.291. The molecule has 1 aliphatic rings. The Labute approximate surface area is 144 Å². The van der Waals surface area contributed by atoms with Crippen LogP contribution in [0, 0.1) is 12.3 Å². The third-order valence-electron chi connectivity index (χ3n) is 4.25. The summed E-state index contributed by atoms with van der Waals surface area (Å²) in [5, 5.41) is 0. The second-order valence-electron chi connectivity index (χ2n) is 6.23. The van der Waals surface area contributed by atoms with Crippen molar-refractivity contribution in [2.45, 2.75) is 50.8 Å². The van der Waals surface area contributed by atoms with Gasteiger partial charge in [-0.15, -0.1) is 0 Å². The van der Waals surface area contributed by atoms with E-state index in [1.807, 2.05) is 13.0 Å². The van der Waals surface area contributed by atoms with Crippen molar-refractivity contribution in [1.82, 2.24) is 4.72 Å². The van der Waals surface area contributed by atoms with E-state index in [1.165, 1.54) is 19.3 Å². The number of nitrogens with one attached hydrogen (secondary N) is 1. The fourth-order valence-electron chi connectivity index (χ4n) is 2.76. The van der Waals surface area contributed by atoms with Crippen molar-refractivity contribution in [1.29, 1.82) is 0 Å². The largest absolute Gasteiger partial charge is 0.241 e. The van der Waals surface area contributed by atoms with Crippen LogP contribution in [0.2, 0.25) is 0 Å². The first-order valence-corrected chi connectivity index (χ1v) is 10.3. The Balaban J connectivity index is 2.17. The van der Waals surface area contributed by atoms with Gasteiger partial charge in [0.05, 0.1) is 4.90 Å². The molecule has 0 spiro atoms. The average molecular weight is 439 g/mol. The van der Waals surface area contributed by atoms with E-state index in [0.29, 0.717) is 15.9 Å². The van der Waals surface area contributed by atoms with Crippen molar-refractivity contribution >= 4 is 41.9 Å². The number of aryl methyl sites for hydroxylation is 1. The van der Waals surface area contributed by atoms with Crippen LogP contribution in [-0.4, -0.2) is 15.0 Å². The molecule has 2 rings (SSSR count). The summed E-state index contributed by atoms with van der Waals surface area (Å²) in [6.45, 7) is 4.61. The summed E-state index contributed by atoms with van der Waals surface area (Å²) in [5.74, 6) is 0. The summed E-state index contributed by atoms with van der Waals surface area (Å²) >= 11 is 6.75. The lowest BCUT2D eigenvalue weighted by Gasteiger charge is -2.33. The molecule has 0 atom stereocenters. The van der Waals surface area contributed by atoms with Crippen molar-refractivity contribution < 1.29 is 8.42 Å². The zero-order valence-electron chi connectivity index (χ0n) is 12.4. The summed E-state index contributed by atoms with van der Waals surface area (Å²) in [6.07, 6.45) is 5.83. The summed E-state index contributed by atoms with van der Waals surface area (Å²) in [5.41, 5.74) is 1.08. The van der Waals surface area contributed by atoms with E-state index in [0.717, 1.165) is 22.9 Å². The minimum Gasteiger partial charge on any atom is -0.211 e. The summed E-state index contributed by atoms with van der Waals surface area (Å²) in [6, 6.07) is 3.48. The van der Waals surface area contributed by atoms with Gasteiger partial charge in [0.25, 0.3) is 0 Å². The van der Waals surface area contributed by atoms with Crippen LogP contribution in [0.1, 0.15) is 44.6 Å². The maximum Gasteiger partial charge on any atom is 0.241 e. The number of benzene rings is 1. The molecule has 0 aromatic heterocycles. The van der Waals surface area contributed by atoms with Crippen LogP contribution in [0.3, 0.4) is 0 Å². The van der Waals surface area contributed by atoms with Crippen LogP contribution in [0.5, 0.6) is 0 Å². The molecule has 3 nitrogen and oxygen atoms in total. The third kappa shape index (κ3) is 4.30. The van der Waals surface area contributed by atoms with E-state index >= 15 is 0 Å². The Hall–Kier alpha value is 0.0900. The highest BCUT2D eigenvalue weighted by Crippen LogP contribution is 2.36. The number of hydrogen-bond donors (Lipinski definition) is 1. The second-order valence-corrected chi connectivity index (χ2v) is 9.67. The van der Waals surface area contributed by atoms with Gasteiger partial charge in [-0.3, -0.25) is 0 Å². The van der Waals surface area contributed by atoms with Gasteiger partial charge in [-0.25, -0.2) is 13.1 Å². The lowest BCUT2D eigenvalue weighted by Crippen LogP contribution is -2.37. The van der Waals surface area contributed by atoms with Crippen molar-refractivity contribution in [3.05, 3.63) is 26.6 Å². The molecule has 1 aromatic carbocycles. The van der Waals surface area contributed by atoms with Crippen LogP contribution in [0.15, 0.2) is 26.0 Å². The molecule has 6 heteroatoms. The van der Waals surface area contributed by atoms with Crippen LogP contribution in [0.25, 0.3) is 0 Å². The highest BCUT2D eigenvalue weighted by atomic mass is 79.9. The lowest BCUT2D eigenvalue weighted by atomic mass is 9.76. The fourth-order valence-corrected chi connectivity index (χ4v) is 5.64. The van der Waals surface area contributed by atoms with Crippen molar-refractivity contribution in [3.63, 3.8) is 0 Å². The van der Waals surface area contributed by atoms with Gasteiger partial charge in [0.1, 0.15) is 0 Å². The monoisotopic (exact) mass is 437 g/mol. The Morgan fingerprint density at radius 1 is 1.14 bits per heavy atom. The first-order chi connectivity index (χ1) is 9.73. The average Bonchev–Trinajstić information content (AvgIpc) is 2.42. The predicted octanol–water partition coefficient (Wildman–Crippen LogP) is 4.77. The van der Waals surface area contributed by atoms with Crippen molar-refractivity contribution in [3.8, 4) is 0 Å². The molecular formula is C15H21Br2NO2S. The Bertz CT molecular complexity index is 623. The normalized spacial score (nSPS) is 18.7. The topological polar surface area (TPSA) is 46.2 Å². The molecule has 0 saturated heterocycles. The van der Waals surface area contributed by atoms with E-state index in [9.17, 15) is 8.42 Å². The van der Waals surface area contributed by atoms with Crippen LogP contribution in [-0.2, 0) is 10.0 Å². The minimum absolute atomic E-state index is 0.0831. The standard InChI is InChI=1S/C15H21Br2NO2S/c1-11-8-13(17)14(9-12(11)16)21(19,20)18-10-15(2)6-4-3-5-7-15/h8-9,18H,3-7,10H2,1-2H3. The molecular weight excluding hydrogens is 418 g/mol. The van der Waals surface area contributed by atoms with E-state index in [4.69, 9.17) is 0 Å². The van der Waals surface area contributed by atoms with Gasteiger partial charge in [-0.05, 0) is 58.8 Å². The van der Waals surface area contributed by atoms with Gasteiger partial charge in [-0.2, -0.15) is 0 Å². The van der Waals surface area contributed by atoms with Gasteiger partial charge in [0, 0.05) is 15.5 Å². The quantitative estimate of drug-likeness (QED) is 0.735. The van der Waals surface area contributed by atoms with Gasteiger partial charge in [0.15, 0.2) is 0 Å². The fraction of sp³-hybridized carbons (Fsp3) is 0.600. The van der Waals surface area contributed by atoms with Crippen molar-refractivity contribution in [2.75, 3.05) is 6.54 Å². The van der Waals surface area contributed by atoms with E-state index in [1.54, 1.807) is 6.07 Å². The zero-order chi connectivity index (χ0) is 15.7. The van der Waals surface area contributed by atoms with Crippen LogP contribution >= 0.6 is 31.9 Å². The Morgan fingerprint density at radius 2 is 1.76 bits per heavy atom. The summed E-state index contributed by atoms with van der Waals surface area (Å²) in [7, 11) is -3.49.